The maximum atomic E-state index is 12.9. The molecule has 0 saturated heterocycles. The van der Waals surface area contributed by atoms with Gasteiger partial charge in [0.25, 0.3) is 0 Å². The molecular formula is C24H31FN2O3. The van der Waals surface area contributed by atoms with E-state index < -0.39 is 0 Å². The first-order valence-electron chi connectivity index (χ1n) is 10.0. The summed E-state index contributed by atoms with van der Waals surface area (Å²) < 4.78 is 23.5. The molecule has 0 bridgehead atoms. The molecule has 2 rings (SSSR count). The molecule has 0 radical (unpaired) electrons. The van der Waals surface area contributed by atoms with Gasteiger partial charge in [-0.25, -0.2) is 4.39 Å². The molecule has 2 aromatic carbocycles. The first-order chi connectivity index (χ1) is 14.4. The SMILES string of the molecule is COc1ccc(CCN(C)CCCN(C)C(=O)/C=C/c2ccc(F)cc2)cc1OC. The van der Waals surface area contributed by atoms with E-state index in [1.807, 2.05) is 12.1 Å². The summed E-state index contributed by atoms with van der Waals surface area (Å²) in [6, 6.07) is 12.0. The van der Waals surface area contributed by atoms with E-state index >= 15 is 0 Å². The van der Waals surface area contributed by atoms with Crippen molar-refractivity contribution in [2.45, 2.75) is 12.8 Å². The third-order valence-corrected chi connectivity index (χ3v) is 4.93. The molecule has 0 N–H and O–H groups in total. The van der Waals surface area contributed by atoms with E-state index in [4.69, 9.17) is 9.47 Å². The summed E-state index contributed by atoms with van der Waals surface area (Å²) >= 11 is 0. The molecule has 5 nitrogen and oxygen atoms in total. The van der Waals surface area contributed by atoms with Gasteiger partial charge in [-0.2, -0.15) is 0 Å². The summed E-state index contributed by atoms with van der Waals surface area (Å²) in [5.41, 5.74) is 1.99. The van der Waals surface area contributed by atoms with Crippen molar-refractivity contribution in [1.82, 2.24) is 9.80 Å². The van der Waals surface area contributed by atoms with Crippen molar-refractivity contribution in [3.8, 4) is 11.5 Å². The molecule has 0 saturated carbocycles. The molecule has 1 amide bonds. The van der Waals surface area contributed by atoms with Crippen molar-refractivity contribution in [2.24, 2.45) is 0 Å². The van der Waals surface area contributed by atoms with E-state index in [9.17, 15) is 9.18 Å². The molecular weight excluding hydrogens is 383 g/mol. The van der Waals surface area contributed by atoms with Crippen LogP contribution >= 0.6 is 0 Å². The Morgan fingerprint density at radius 1 is 0.967 bits per heavy atom. The lowest BCUT2D eigenvalue weighted by Gasteiger charge is -2.20. The summed E-state index contributed by atoms with van der Waals surface area (Å²) in [5.74, 6) is 1.13. The second-order valence-corrected chi connectivity index (χ2v) is 7.24. The number of hydrogen-bond donors (Lipinski definition) is 0. The van der Waals surface area contributed by atoms with Crippen molar-refractivity contribution >= 4 is 12.0 Å². The fourth-order valence-electron chi connectivity index (χ4n) is 3.02. The maximum Gasteiger partial charge on any atom is 0.246 e. The highest BCUT2D eigenvalue weighted by atomic mass is 19.1. The molecule has 0 atom stereocenters. The van der Waals surface area contributed by atoms with E-state index in [2.05, 4.69) is 18.0 Å². The van der Waals surface area contributed by atoms with Gasteiger partial charge in [0.15, 0.2) is 11.5 Å². The lowest BCUT2D eigenvalue weighted by atomic mass is 10.1. The summed E-state index contributed by atoms with van der Waals surface area (Å²) in [5, 5.41) is 0. The zero-order valence-electron chi connectivity index (χ0n) is 18.2. The topological polar surface area (TPSA) is 42.0 Å². The molecule has 0 spiro atoms. The maximum absolute atomic E-state index is 12.9. The van der Waals surface area contributed by atoms with Crippen LogP contribution in [0, 0.1) is 5.82 Å². The average molecular weight is 415 g/mol. The van der Waals surface area contributed by atoms with Gasteiger partial charge in [0.05, 0.1) is 14.2 Å². The van der Waals surface area contributed by atoms with Gasteiger partial charge in [-0.1, -0.05) is 18.2 Å². The van der Waals surface area contributed by atoms with Gasteiger partial charge >= 0.3 is 0 Å². The molecule has 0 fully saturated rings. The molecule has 2 aromatic rings. The fraction of sp³-hybridized carbons (Fsp3) is 0.375. The molecule has 162 valence electrons. The molecule has 0 heterocycles. The third-order valence-electron chi connectivity index (χ3n) is 4.93. The Bertz CT molecular complexity index is 837. The van der Waals surface area contributed by atoms with Gasteiger partial charge in [0, 0.05) is 26.2 Å². The molecule has 0 aliphatic carbocycles. The number of methoxy groups -OCH3 is 2. The number of rotatable bonds is 11. The first-order valence-corrected chi connectivity index (χ1v) is 10.0. The summed E-state index contributed by atoms with van der Waals surface area (Å²) in [6.45, 7) is 2.48. The van der Waals surface area contributed by atoms with Gasteiger partial charge in [0.2, 0.25) is 5.91 Å². The minimum Gasteiger partial charge on any atom is -0.493 e. The Hall–Kier alpha value is -2.86. The second-order valence-electron chi connectivity index (χ2n) is 7.24. The Labute approximate surface area is 178 Å². The number of amides is 1. The zero-order valence-corrected chi connectivity index (χ0v) is 18.2. The van der Waals surface area contributed by atoms with Crippen LogP contribution in [0.4, 0.5) is 4.39 Å². The van der Waals surface area contributed by atoms with E-state index in [1.165, 1.54) is 23.8 Å². The molecule has 6 heteroatoms. The predicted molar refractivity (Wildman–Crippen MR) is 118 cm³/mol. The number of hydrogen-bond acceptors (Lipinski definition) is 4. The van der Waals surface area contributed by atoms with Crippen LogP contribution in [0.25, 0.3) is 6.08 Å². The predicted octanol–water partition coefficient (Wildman–Crippen LogP) is 3.88. The van der Waals surface area contributed by atoms with Gasteiger partial charge in [-0.3, -0.25) is 4.79 Å². The van der Waals surface area contributed by atoms with Crippen molar-refractivity contribution in [3.63, 3.8) is 0 Å². The Morgan fingerprint density at radius 3 is 2.33 bits per heavy atom. The minimum absolute atomic E-state index is 0.0627. The Balaban J connectivity index is 1.71. The number of ether oxygens (including phenoxy) is 2. The molecule has 0 aromatic heterocycles. The van der Waals surface area contributed by atoms with Crippen LogP contribution in [0.2, 0.25) is 0 Å². The lowest BCUT2D eigenvalue weighted by molar-refractivity contribution is -0.124. The molecule has 0 aliphatic heterocycles. The highest BCUT2D eigenvalue weighted by Crippen LogP contribution is 2.27. The summed E-state index contributed by atoms with van der Waals surface area (Å²) in [4.78, 5) is 16.2. The van der Waals surface area contributed by atoms with E-state index in [0.29, 0.717) is 6.54 Å². The molecule has 30 heavy (non-hydrogen) atoms. The highest BCUT2D eigenvalue weighted by Gasteiger charge is 2.08. The van der Waals surface area contributed by atoms with E-state index in [0.717, 1.165) is 43.0 Å². The van der Waals surface area contributed by atoms with Crippen LogP contribution in [-0.2, 0) is 11.2 Å². The van der Waals surface area contributed by atoms with Gasteiger partial charge < -0.3 is 19.3 Å². The van der Waals surface area contributed by atoms with Crippen molar-refractivity contribution in [1.29, 1.82) is 0 Å². The van der Waals surface area contributed by atoms with Gasteiger partial charge in [-0.05, 0) is 67.9 Å². The van der Waals surface area contributed by atoms with E-state index in [1.54, 1.807) is 44.4 Å². The highest BCUT2D eigenvalue weighted by molar-refractivity contribution is 5.91. The number of nitrogens with zero attached hydrogens (tertiary/aromatic N) is 2. The Kier molecular flexibility index (Phi) is 9.35. The third kappa shape index (κ3) is 7.52. The molecule has 0 unspecified atom stereocenters. The summed E-state index contributed by atoms with van der Waals surface area (Å²) in [7, 11) is 7.14. The first kappa shape index (κ1) is 23.4. The van der Waals surface area contributed by atoms with Crippen molar-refractivity contribution < 1.29 is 18.7 Å². The average Bonchev–Trinajstić information content (AvgIpc) is 2.76. The fourth-order valence-corrected chi connectivity index (χ4v) is 3.02. The number of halogens is 1. The van der Waals surface area contributed by atoms with Crippen molar-refractivity contribution in [2.75, 3.05) is 47.9 Å². The van der Waals surface area contributed by atoms with Crippen LogP contribution in [0.5, 0.6) is 11.5 Å². The van der Waals surface area contributed by atoms with Crippen LogP contribution in [0.15, 0.2) is 48.5 Å². The van der Waals surface area contributed by atoms with Crippen LogP contribution in [0.1, 0.15) is 17.5 Å². The Morgan fingerprint density at radius 2 is 1.67 bits per heavy atom. The number of carbonyl (C=O) groups excluding carboxylic acids is 1. The largest absolute Gasteiger partial charge is 0.493 e. The van der Waals surface area contributed by atoms with Crippen LogP contribution in [-0.4, -0.2) is 63.7 Å². The van der Waals surface area contributed by atoms with Crippen molar-refractivity contribution in [3.05, 3.63) is 65.5 Å². The minimum atomic E-state index is -0.286. The number of carbonyl (C=O) groups is 1. The van der Waals surface area contributed by atoms with Gasteiger partial charge in [0.1, 0.15) is 5.82 Å². The smallest absolute Gasteiger partial charge is 0.246 e. The second kappa shape index (κ2) is 12.0. The van der Waals surface area contributed by atoms with E-state index in [-0.39, 0.29) is 11.7 Å². The lowest BCUT2D eigenvalue weighted by Crippen LogP contribution is -2.30. The standard InChI is InChI=1S/C24H31FN2O3/c1-26(17-14-20-8-12-22(29-3)23(18-20)30-4)15-5-16-27(2)24(28)13-9-19-6-10-21(25)11-7-19/h6-13,18H,5,14-17H2,1-4H3/b13-9+. The summed E-state index contributed by atoms with van der Waals surface area (Å²) in [6.07, 6.45) is 5.02. The quantitative estimate of drug-likeness (QED) is 0.524. The number of likely N-dealkylation sites (N-methyl/N-ethyl adjacent to an activating group) is 2. The zero-order chi connectivity index (χ0) is 21.9. The molecule has 0 aliphatic rings. The van der Waals surface area contributed by atoms with Gasteiger partial charge in [-0.15, -0.1) is 0 Å². The monoisotopic (exact) mass is 414 g/mol. The number of benzene rings is 2. The van der Waals surface area contributed by atoms with Crippen LogP contribution in [0.3, 0.4) is 0 Å². The van der Waals surface area contributed by atoms with Crippen LogP contribution < -0.4 is 9.47 Å². The normalized spacial score (nSPS) is 11.1.